The van der Waals surface area contributed by atoms with E-state index in [1.807, 2.05) is 0 Å². The minimum atomic E-state index is 1.09. The van der Waals surface area contributed by atoms with Crippen LogP contribution in [0.25, 0.3) is 5.52 Å². The smallest absolute Gasteiger partial charge is 0.237 e. The standard InChI is InChI=1S/C12H13N2/c1-9-7-10-8-11-5-3-4-6-14(11)12(10)13(9)2/h3-6,8H,7H2,1-2H3/q+1. The summed E-state index contributed by atoms with van der Waals surface area (Å²) in [5.74, 6) is 1.33. The lowest BCUT2D eigenvalue weighted by molar-refractivity contribution is -0.407. The third-order valence-electron chi connectivity index (χ3n) is 3.07. The third kappa shape index (κ3) is 0.830. The van der Waals surface area contributed by atoms with E-state index < -0.39 is 0 Å². The normalized spacial score (nSPS) is 15.3. The van der Waals surface area contributed by atoms with Crippen LogP contribution in [0.1, 0.15) is 12.5 Å². The Bertz CT molecular complexity index is 546. The molecule has 2 aromatic rings. The van der Waals surface area contributed by atoms with E-state index in [-0.39, 0.29) is 0 Å². The van der Waals surface area contributed by atoms with Gasteiger partial charge >= 0.3 is 0 Å². The highest BCUT2D eigenvalue weighted by Gasteiger charge is 2.26. The number of aromatic nitrogens is 1. The third-order valence-corrected chi connectivity index (χ3v) is 3.07. The molecule has 0 saturated carbocycles. The van der Waals surface area contributed by atoms with Gasteiger partial charge in [-0.05, 0) is 25.1 Å². The van der Waals surface area contributed by atoms with Crippen molar-refractivity contribution < 1.29 is 4.58 Å². The maximum Gasteiger partial charge on any atom is 0.290 e. The molecule has 2 aromatic heterocycles. The monoisotopic (exact) mass is 185 g/mol. The zero-order valence-corrected chi connectivity index (χ0v) is 8.49. The molecule has 1 aliphatic heterocycles. The van der Waals surface area contributed by atoms with Gasteiger partial charge in [0.25, 0.3) is 5.82 Å². The van der Waals surface area contributed by atoms with Gasteiger partial charge < -0.3 is 0 Å². The van der Waals surface area contributed by atoms with Crippen LogP contribution < -0.4 is 0 Å². The fourth-order valence-electron chi connectivity index (χ4n) is 2.25. The Morgan fingerprint density at radius 2 is 2.21 bits per heavy atom. The second-order valence-corrected chi connectivity index (χ2v) is 3.96. The van der Waals surface area contributed by atoms with E-state index in [1.165, 1.54) is 22.6 Å². The van der Waals surface area contributed by atoms with E-state index in [2.05, 4.69) is 53.4 Å². The minimum Gasteiger partial charge on any atom is -0.237 e. The van der Waals surface area contributed by atoms with Gasteiger partial charge in [-0.1, -0.05) is 6.07 Å². The fourth-order valence-corrected chi connectivity index (χ4v) is 2.25. The van der Waals surface area contributed by atoms with Crippen LogP contribution in [0, 0.1) is 0 Å². The average Bonchev–Trinajstić information content (AvgIpc) is 2.65. The first-order valence-corrected chi connectivity index (χ1v) is 4.92. The van der Waals surface area contributed by atoms with Gasteiger partial charge in [-0.3, -0.25) is 0 Å². The van der Waals surface area contributed by atoms with Gasteiger partial charge in [0.1, 0.15) is 5.52 Å². The first kappa shape index (κ1) is 7.80. The minimum absolute atomic E-state index is 1.09. The Hall–Kier alpha value is -1.57. The average molecular weight is 185 g/mol. The molecule has 1 aliphatic rings. The van der Waals surface area contributed by atoms with Crippen molar-refractivity contribution in [2.45, 2.75) is 13.3 Å². The molecule has 0 unspecified atom stereocenters. The maximum absolute atomic E-state index is 2.28. The van der Waals surface area contributed by atoms with Gasteiger partial charge in [0.2, 0.25) is 0 Å². The van der Waals surface area contributed by atoms with Crippen molar-refractivity contribution in [2.24, 2.45) is 0 Å². The Balaban J connectivity index is 2.43. The summed E-state index contributed by atoms with van der Waals surface area (Å²) in [6, 6.07) is 8.60. The van der Waals surface area contributed by atoms with Crippen LogP contribution >= 0.6 is 0 Å². The van der Waals surface area contributed by atoms with E-state index in [1.54, 1.807) is 0 Å². The van der Waals surface area contributed by atoms with E-state index >= 15 is 0 Å². The highest BCUT2D eigenvalue weighted by atomic mass is 15.1. The molecule has 0 atom stereocenters. The number of fused-ring (bicyclic) bond motifs is 3. The second-order valence-electron chi connectivity index (χ2n) is 3.96. The molecule has 0 aromatic carbocycles. The summed E-state index contributed by atoms with van der Waals surface area (Å²) in [7, 11) is 2.14. The van der Waals surface area contributed by atoms with Gasteiger partial charge in [0, 0.05) is 6.42 Å². The topological polar surface area (TPSA) is 7.42 Å². The zero-order chi connectivity index (χ0) is 9.71. The van der Waals surface area contributed by atoms with Crippen molar-refractivity contribution in [2.75, 3.05) is 7.05 Å². The quantitative estimate of drug-likeness (QED) is 0.556. The molecule has 3 heterocycles. The molecule has 0 radical (unpaired) electrons. The number of pyridine rings is 1. The highest BCUT2D eigenvalue weighted by molar-refractivity contribution is 5.85. The maximum atomic E-state index is 2.28. The molecule has 2 nitrogen and oxygen atoms in total. The number of rotatable bonds is 0. The lowest BCUT2D eigenvalue weighted by atomic mass is 10.2. The molecule has 0 saturated heterocycles. The van der Waals surface area contributed by atoms with Crippen LogP contribution in [-0.4, -0.2) is 21.7 Å². The highest BCUT2D eigenvalue weighted by Crippen LogP contribution is 2.28. The predicted molar refractivity (Wildman–Crippen MR) is 57.6 cm³/mol. The van der Waals surface area contributed by atoms with Crippen molar-refractivity contribution in [3.8, 4) is 0 Å². The summed E-state index contributed by atoms with van der Waals surface area (Å²) in [6.07, 6.45) is 3.22. The van der Waals surface area contributed by atoms with Gasteiger partial charge in [0.05, 0.1) is 24.5 Å². The van der Waals surface area contributed by atoms with Crippen molar-refractivity contribution in [3.63, 3.8) is 0 Å². The fraction of sp³-hybridized carbons (Fsp3) is 0.250. The predicted octanol–water partition coefficient (Wildman–Crippen LogP) is 2.23. The summed E-state index contributed by atoms with van der Waals surface area (Å²) < 4.78 is 4.54. The van der Waals surface area contributed by atoms with Crippen molar-refractivity contribution in [3.05, 3.63) is 36.0 Å². The molecule has 0 amide bonds. The van der Waals surface area contributed by atoms with Gasteiger partial charge in [-0.15, -0.1) is 0 Å². The number of hydrogen-bond donors (Lipinski definition) is 0. The first-order valence-electron chi connectivity index (χ1n) is 4.92. The molecule has 0 aliphatic carbocycles. The summed E-state index contributed by atoms with van der Waals surface area (Å²) in [5.41, 5.74) is 4.15. The van der Waals surface area contributed by atoms with Crippen molar-refractivity contribution >= 4 is 17.0 Å². The molecule has 0 N–H and O–H groups in total. The van der Waals surface area contributed by atoms with E-state index in [0.717, 1.165) is 6.42 Å². The summed E-state index contributed by atoms with van der Waals surface area (Å²) in [5, 5.41) is 0. The SMILES string of the molecule is CC1=[N+](C)c2c(cc3ccccn23)C1. The molecule has 0 bridgehead atoms. The van der Waals surface area contributed by atoms with Crippen LogP contribution in [0.15, 0.2) is 30.5 Å². The van der Waals surface area contributed by atoms with Crippen LogP contribution in [0.5, 0.6) is 0 Å². The Morgan fingerprint density at radius 3 is 3.07 bits per heavy atom. The molecule has 0 fully saturated rings. The largest absolute Gasteiger partial charge is 0.290 e. The Labute approximate surface area is 83.1 Å². The molecular formula is C12H13N2+. The van der Waals surface area contributed by atoms with Crippen LogP contribution in [0.2, 0.25) is 0 Å². The Kier molecular flexibility index (Phi) is 1.38. The zero-order valence-electron chi connectivity index (χ0n) is 8.49. The van der Waals surface area contributed by atoms with Crippen LogP contribution in [0.4, 0.5) is 5.82 Å². The number of nitrogens with zero attached hydrogens (tertiary/aromatic N) is 2. The molecular weight excluding hydrogens is 172 g/mol. The lowest BCUT2D eigenvalue weighted by Crippen LogP contribution is -2.05. The van der Waals surface area contributed by atoms with E-state index in [9.17, 15) is 0 Å². The van der Waals surface area contributed by atoms with Crippen LogP contribution in [-0.2, 0) is 6.42 Å². The van der Waals surface area contributed by atoms with E-state index in [0.29, 0.717) is 0 Å². The summed E-state index contributed by atoms with van der Waals surface area (Å²) >= 11 is 0. The van der Waals surface area contributed by atoms with Crippen LogP contribution in [0.3, 0.4) is 0 Å². The van der Waals surface area contributed by atoms with Crippen molar-refractivity contribution in [1.29, 1.82) is 0 Å². The molecule has 14 heavy (non-hydrogen) atoms. The molecule has 70 valence electrons. The Morgan fingerprint density at radius 1 is 1.36 bits per heavy atom. The molecule has 0 spiro atoms. The molecule has 3 rings (SSSR count). The van der Waals surface area contributed by atoms with Gasteiger partial charge in [-0.2, -0.15) is 4.40 Å². The first-order chi connectivity index (χ1) is 6.77. The number of hydrogen-bond acceptors (Lipinski definition) is 0. The second kappa shape index (κ2) is 2.47. The van der Waals surface area contributed by atoms with Gasteiger partial charge in [0.15, 0.2) is 0 Å². The lowest BCUT2D eigenvalue weighted by Gasteiger charge is -1.95. The molecule has 2 heteroatoms. The van der Waals surface area contributed by atoms with Crippen molar-refractivity contribution in [1.82, 2.24) is 4.40 Å². The summed E-state index contributed by atoms with van der Waals surface area (Å²) in [6.45, 7) is 2.19. The van der Waals surface area contributed by atoms with Gasteiger partial charge in [-0.25, -0.2) is 4.58 Å². The van der Waals surface area contributed by atoms with E-state index in [4.69, 9.17) is 0 Å². The summed E-state index contributed by atoms with van der Waals surface area (Å²) in [4.78, 5) is 0.